The second kappa shape index (κ2) is 7.42. The molecule has 136 valence electrons. The molecule has 1 aromatic carbocycles. The van der Waals surface area contributed by atoms with Gasteiger partial charge in [-0.15, -0.1) is 0 Å². The average Bonchev–Trinajstić information content (AvgIpc) is 2.45. The first-order valence-electron chi connectivity index (χ1n) is 7.17. The number of hydrogen-bond donors (Lipinski definition) is 2. The van der Waals surface area contributed by atoms with Gasteiger partial charge in [-0.25, -0.2) is 8.42 Å². The Morgan fingerprint density at radius 3 is 2.08 bits per heavy atom. The van der Waals surface area contributed by atoms with E-state index in [1.54, 1.807) is 13.8 Å². The summed E-state index contributed by atoms with van der Waals surface area (Å²) >= 11 is 0. The molecule has 0 unspecified atom stereocenters. The number of halogens is 3. The Labute approximate surface area is 140 Å². The van der Waals surface area contributed by atoms with Crippen molar-refractivity contribution >= 4 is 15.8 Å². The minimum atomic E-state index is -4.36. The zero-order chi connectivity index (χ0) is 18.6. The lowest BCUT2D eigenvalue weighted by molar-refractivity contribution is -0.137. The van der Waals surface area contributed by atoms with Gasteiger partial charge in [0.25, 0.3) is 0 Å². The monoisotopic (exact) mass is 365 g/mol. The predicted octanol–water partition coefficient (Wildman–Crippen LogP) is 2.19. The van der Waals surface area contributed by atoms with Gasteiger partial charge in [-0.3, -0.25) is 4.99 Å². The van der Waals surface area contributed by atoms with Gasteiger partial charge in [0, 0.05) is 26.4 Å². The van der Waals surface area contributed by atoms with Crippen molar-refractivity contribution < 1.29 is 21.6 Å². The molecule has 0 aromatic heterocycles. The molecule has 0 amide bonds. The Morgan fingerprint density at radius 1 is 1.12 bits per heavy atom. The summed E-state index contributed by atoms with van der Waals surface area (Å²) in [6.07, 6.45) is -3.20. The largest absolute Gasteiger partial charge is 0.416 e. The molecule has 2 N–H and O–H groups in total. The quantitative estimate of drug-likeness (QED) is 0.620. The minimum absolute atomic E-state index is 0.151. The van der Waals surface area contributed by atoms with Gasteiger partial charge >= 0.3 is 6.18 Å². The number of nitrogens with zero attached hydrogens (tertiary/aromatic N) is 1. The zero-order valence-electron chi connectivity index (χ0n) is 14.0. The first-order chi connectivity index (χ1) is 10.9. The van der Waals surface area contributed by atoms with E-state index in [4.69, 9.17) is 0 Å². The Bertz CT molecular complexity index is 681. The summed E-state index contributed by atoms with van der Waals surface area (Å²) in [5, 5.41) is 5.83. The molecule has 1 rings (SSSR count). The number of nitrogens with one attached hydrogen (secondary N) is 2. The molecule has 0 heterocycles. The highest BCUT2D eigenvalue weighted by molar-refractivity contribution is 7.92. The molecule has 0 saturated heterocycles. The van der Waals surface area contributed by atoms with E-state index in [0.717, 1.165) is 18.4 Å². The summed E-state index contributed by atoms with van der Waals surface area (Å²) in [5.74, 6) is 0.367. The van der Waals surface area contributed by atoms with Crippen molar-refractivity contribution in [2.45, 2.75) is 31.3 Å². The number of guanidine groups is 1. The average molecular weight is 365 g/mol. The minimum Gasteiger partial charge on any atom is -0.355 e. The Morgan fingerprint density at radius 2 is 1.67 bits per heavy atom. The van der Waals surface area contributed by atoms with E-state index >= 15 is 0 Å². The highest BCUT2D eigenvalue weighted by atomic mass is 32.2. The fourth-order valence-corrected chi connectivity index (χ4v) is 1.98. The third-order valence-corrected chi connectivity index (χ3v) is 5.80. The van der Waals surface area contributed by atoms with Crippen LogP contribution in [0.25, 0.3) is 0 Å². The maximum absolute atomic E-state index is 12.5. The number of benzene rings is 1. The summed E-state index contributed by atoms with van der Waals surface area (Å²) in [7, 11) is -1.72. The molecule has 0 aliphatic heterocycles. The molecule has 1 aromatic rings. The lowest BCUT2D eigenvalue weighted by Crippen LogP contribution is -2.47. The number of hydrogen-bond acceptors (Lipinski definition) is 3. The summed E-state index contributed by atoms with van der Waals surface area (Å²) < 4.78 is 59.8. The van der Waals surface area contributed by atoms with Gasteiger partial charge in [-0.05, 0) is 31.5 Å². The molecule has 24 heavy (non-hydrogen) atoms. The second-order valence-electron chi connectivity index (χ2n) is 6.01. The molecule has 9 heteroatoms. The summed E-state index contributed by atoms with van der Waals surface area (Å²) in [5.41, 5.74) is -0.0583. The lowest BCUT2D eigenvalue weighted by atomic mass is 10.1. The molecule has 0 fully saturated rings. The van der Waals surface area contributed by atoms with Gasteiger partial charge in [0.2, 0.25) is 0 Å². The van der Waals surface area contributed by atoms with Crippen molar-refractivity contribution in [1.82, 2.24) is 10.6 Å². The van der Waals surface area contributed by atoms with E-state index in [1.165, 1.54) is 19.2 Å². The fourth-order valence-electron chi connectivity index (χ4n) is 1.65. The molecule has 0 saturated carbocycles. The van der Waals surface area contributed by atoms with Gasteiger partial charge in [0.05, 0.1) is 10.3 Å². The highest BCUT2D eigenvalue weighted by Crippen LogP contribution is 2.29. The van der Waals surface area contributed by atoms with Crippen molar-refractivity contribution in [3.63, 3.8) is 0 Å². The van der Waals surface area contributed by atoms with Gasteiger partial charge < -0.3 is 10.6 Å². The fraction of sp³-hybridized carbons (Fsp3) is 0.533. The van der Waals surface area contributed by atoms with E-state index in [9.17, 15) is 21.6 Å². The molecule has 0 spiro atoms. The van der Waals surface area contributed by atoms with Crippen LogP contribution in [0, 0.1) is 0 Å². The van der Waals surface area contributed by atoms with Crippen LogP contribution in [0.5, 0.6) is 0 Å². The molecule has 0 radical (unpaired) electrons. The van der Waals surface area contributed by atoms with Crippen molar-refractivity contribution in [3.05, 3.63) is 35.4 Å². The van der Waals surface area contributed by atoms with Crippen LogP contribution >= 0.6 is 0 Å². The highest BCUT2D eigenvalue weighted by Gasteiger charge is 2.30. The van der Waals surface area contributed by atoms with Crippen LogP contribution in [-0.2, 0) is 22.6 Å². The molecule has 0 aliphatic rings. The zero-order valence-corrected chi connectivity index (χ0v) is 14.8. The smallest absolute Gasteiger partial charge is 0.355 e. The summed E-state index contributed by atoms with van der Waals surface area (Å²) in [6, 6.07) is 4.78. The van der Waals surface area contributed by atoms with Crippen LogP contribution in [0.4, 0.5) is 13.2 Å². The number of rotatable bonds is 5. The number of sulfone groups is 1. The van der Waals surface area contributed by atoms with Crippen LogP contribution < -0.4 is 10.6 Å². The first kappa shape index (κ1) is 20.3. The van der Waals surface area contributed by atoms with E-state index in [1.807, 2.05) is 0 Å². The van der Waals surface area contributed by atoms with Gasteiger partial charge in [-0.1, -0.05) is 12.1 Å². The van der Waals surface area contributed by atoms with E-state index < -0.39 is 26.3 Å². The normalized spacial score (nSPS) is 13.7. The Hall–Kier alpha value is -1.77. The van der Waals surface area contributed by atoms with Crippen molar-refractivity contribution in [1.29, 1.82) is 0 Å². The van der Waals surface area contributed by atoms with Gasteiger partial charge in [0.15, 0.2) is 15.8 Å². The SMILES string of the molecule is CN=C(NCc1ccc(C(F)(F)F)cc1)NCC(C)(C)S(C)(=O)=O. The molecule has 0 aliphatic carbocycles. The van der Waals surface area contributed by atoms with Crippen LogP contribution in [0.2, 0.25) is 0 Å². The summed E-state index contributed by atoms with van der Waals surface area (Å²) in [4.78, 5) is 3.96. The standard InChI is InChI=1S/C15H22F3N3O2S/c1-14(2,24(4,22)23)10-21-13(19-3)20-9-11-5-7-12(8-6-11)15(16,17)18/h5-8H,9-10H2,1-4H3,(H2,19,20,21). The van der Waals surface area contributed by atoms with Crippen molar-refractivity contribution in [2.24, 2.45) is 4.99 Å². The Balaban J connectivity index is 2.62. The van der Waals surface area contributed by atoms with Crippen molar-refractivity contribution in [3.8, 4) is 0 Å². The van der Waals surface area contributed by atoms with E-state index in [-0.39, 0.29) is 13.1 Å². The molecule has 0 bridgehead atoms. The number of alkyl halides is 3. The molecule has 5 nitrogen and oxygen atoms in total. The van der Waals surface area contributed by atoms with Gasteiger partial charge in [0.1, 0.15) is 0 Å². The first-order valence-corrected chi connectivity index (χ1v) is 9.06. The Kier molecular flexibility index (Phi) is 6.26. The van der Waals surface area contributed by atoms with Crippen LogP contribution in [0.1, 0.15) is 25.0 Å². The third kappa shape index (κ3) is 5.70. The maximum Gasteiger partial charge on any atom is 0.416 e. The van der Waals surface area contributed by atoms with E-state index in [0.29, 0.717) is 11.5 Å². The third-order valence-electron chi connectivity index (χ3n) is 3.65. The van der Waals surface area contributed by atoms with Crippen molar-refractivity contribution in [2.75, 3.05) is 19.8 Å². The van der Waals surface area contributed by atoms with E-state index in [2.05, 4.69) is 15.6 Å². The van der Waals surface area contributed by atoms with Crippen LogP contribution in [0.3, 0.4) is 0 Å². The predicted molar refractivity (Wildman–Crippen MR) is 88.6 cm³/mol. The second-order valence-corrected chi connectivity index (χ2v) is 8.66. The lowest BCUT2D eigenvalue weighted by Gasteiger charge is -2.24. The molecular formula is C15H22F3N3O2S. The van der Waals surface area contributed by atoms with Crippen LogP contribution in [0.15, 0.2) is 29.3 Å². The molecular weight excluding hydrogens is 343 g/mol. The number of aliphatic imine (C=N–C) groups is 1. The van der Waals surface area contributed by atoms with Crippen LogP contribution in [-0.4, -0.2) is 39.0 Å². The van der Waals surface area contributed by atoms with Gasteiger partial charge in [-0.2, -0.15) is 13.2 Å². The summed E-state index contributed by atoms with van der Waals surface area (Å²) in [6.45, 7) is 3.60. The topological polar surface area (TPSA) is 70.6 Å². The maximum atomic E-state index is 12.5. The molecule has 0 atom stereocenters.